The Hall–Kier alpha value is -5.08. The van der Waals surface area contributed by atoms with Crippen molar-refractivity contribution in [2.24, 2.45) is 0 Å². The highest BCUT2D eigenvalue weighted by Crippen LogP contribution is 2.42. The molecule has 266 valence electrons. The van der Waals surface area contributed by atoms with Gasteiger partial charge < -0.3 is 49.4 Å². The Bertz CT molecular complexity index is 1800. The van der Waals surface area contributed by atoms with Crippen molar-refractivity contribution in [1.82, 2.24) is 5.32 Å². The van der Waals surface area contributed by atoms with Gasteiger partial charge in [-0.2, -0.15) is 0 Å². The first-order valence-corrected chi connectivity index (χ1v) is 16.0. The minimum absolute atomic E-state index is 0.0365. The van der Waals surface area contributed by atoms with E-state index < -0.39 is 54.3 Å². The number of anilines is 1. The van der Waals surface area contributed by atoms with E-state index in [9.17, 15) is 30.0 Å². The van der Waals surface area contributed by atoms with Crippen LogP contribution in [0, 0.1) is 6.92 Å². The van der Waals surface area contributed by atoms with E-state index in [0.717, 1.165) is 5.57 Å². The molecule has 2 heterocycles. The SMILES string of the molecule is CO[C@@H]1[C@@H](OC(=O)Nc2ccccc2)[C@@H](O)[C@H](Oc2ccc3c(c2C)OC(O)C(NC(=O)c2ccc(O)c(CC=C(C)C)c2)=C3O)OC1(C)C. The number of carbonyl (C=O) groups excluding carboxylic acids is 2. The summed E-state index contributed by atoms with van der Waals surface area (Å²) in [7, 11) is 1.41. The summed E-state index contributed by atoms with van der Waals surface area (Å²) in [4.78, 5) is 26.0. The number of hydrogen-bond donors (Lipinski definition) is 6. The molecular formula is C37H42N2O11. The Morgan fingerprint density at radius 1 is 1.00 bits per heavy atom. The van der Waals surface area contributed by atoms with Crippen LogP contribution in [0.1, 0.15) is 54.7 Å². The predicted molar refractivity (Wildman–Crippen MR) is 183 cm³/mol. The predicted octanol–water partition coefficient (Wildman–Crippen LogP) is 5.08. The zero-order chi connectivity index (χ0) is 36.3. The zero-order valence-electron chi connectivity index (χ0n) is 28.6. The van der Waals surface area contributed by atoms with Gasteiger partial charge in [-0.15, -0.1) is 0 Å². The van der Waals surface area contributed by atoms with Gasteiger partial charge in [0.1, 0.15) is 29.0 Å². The molecule has 0 spiro atoms. The first kappa shape index (κ1) is 36.2. The van der Waals surface area contributed by atoms with Gasteiger partial charge in [-0.1, -0.05) is 29.8 Å². The normalized spacial score (nSPS) is 22.4. The van der Waals surface area contributed by atoms with Gasteiger partial charge in [0.2, 0.25) is 12.6 Å². The number of carbonyl (C=O) groups is 2. The molecule has 50 heavy (non-hydrogen) atoms. The van der Waals surface area contributed by atoms with E-state index in [1.54, 1.807) is 51.1 Å². The fraction of sp³-hybridized carbons (Fsp3) is 0.351. The Labute approximate surface area is 289 Å². The van der Waals surface area contributed by atoms with E-state index in [1.165, 1.54) is 37.4 Å². The van der Waals surface area contributed by atoms with E-state index in [4.69, 9.17) is 23.7 Å². The first-order chi connectivity index (χ1) is 23.7. The molecule has 0 saturated carbocycles. The lowest BCUT2D eigenvalue weighted by atomic mass is 9.89. The van der Waals surface area contributed by atoms with Crippen LogP contribution in [0.25, 0.3) is 5.76 Å². The molecule has 0 bridgehead atoms. The second-order valence-corrected chi connectivity index (χ2v) is 12.8. The molecule has 2 aliphatic heterocycles. The molecule has 0 radical (unpaired) electrons. The van der Waals surface area contributed by atoms with Crippen LogP contribution in [0.15, 0.2) is 78.0 Å². The maximum Gasteiger partial charge on any atom is 0.412 e. The molecule has 1 fully saturated rings. The molecule has 3 aromatic carbocycles. The number of rotatable bonds is 9. The van der Waals surface area contributed by atoms with Crippen LogP contribution in [0.5, 0.6) is 17.2 Å². The number of amides is 2. The lowest BCUT2D eigenvalue weighted by molar-refractivity contribution is -0.304. The van der Waals surface area contributed by atoms with E-state index >= 15 is 0 Å². The van der Waals surface area contributed by atoms with Crippen LogP contribution in [-0.4, -0.2) is 76.0 Å². The highest BCUT2D eigenvalue weighted by Gasteiger charge is 2.53. The van der Waals surface area contributed by atoms with Crippen LogP contribution in [0.4, 0.5) is 10.5 Å². The minimum Gasteiger partial charge on any atom is -0.508 e. The summed E-state index contributed by atoms with van der Waals surface area (Å²) in [6.07, 6.45) is -5.18. The number of aliphatic hydroxyl groups excluding tert-OH is 3. The van der Waals surface area contributed by atoms with Gasteiger partial charge in [-0.3, -0.25) is 10.1 Å². The lowest BCUT2D eigenvalue weighted by Crippen LogP contribution is -2.65. The lowest BCUT2D eigenvalue weighted by Gasteiger charge is -2.47. The molecule has 0 aliphatic carbocycles. The van der Waals surface area contributed by atoms with Crippen molar-refractivity contribution in [2.45, 2.75) is 77.5 Å². The number of methoxy groups -OCH3 is 1. The Kier molecular flexibility index (Phi) is 10.7. The van der Waals surface area contributed by atoms with Gasteiger partial charge in [0.15, 0.2) is 18.0 Å². The van der Waals surface area contributed by atoms with E-state index in [0.29, 0.717) is 23.2 Å². The standard InChI is InChI=1S/C37H42N2O11/c1-19(2)12-13-21-18-22(14-16-25(21)40)33(43)39-27-28(41)24-15-17-26(20(3)30(24)48-34(27)44)47-35-29(42)31(32(46-6)37(4,5)50-35)49-36(45)38-23-10-8-7-9-11-23/h7-12,14-18,29,31-32,34-35,40-42,44H,13H2,1-6H3,(H,38,45)(H,39,43)/t29-,31+,32-,34?,35-/m1/s1. The maximum absolute atomic E-state index is 13.2. The average molecular weight is 691 g/mol. The summed E-state index contributed by atoms with van der Waals surface area (Å²) in [5.41, 5.74) is 1.40. The van der Waals surface area contributed by atoms with Crippen LogP contribution in [0.2, 0.25) is 0 Å². The number of nitrogens with one attached hydrogen (secondary N) is 2. The smallest absolute Gasteiger partial charge is 0.412 e. The number of hydrogen-bond acceptors (Lipinski definition) is 11. The summed E-state index contributed by atoms with van der Waals surface area (Å²) >= 11 is 0. The summed E-state index contributed by atoms with van der Waals surface area (Å²) in [5, 5.41) is 48.8. The number of fused-ring (bicyclic) bond motifs is 1. The Morgan fingerprint density at radius 2 is 1.72 bits per heavy atom. The van der Waals surface area contributed by atoms with Crippen molar-refractivity contribution in [1.29, 1.82) is 0 Å². The van der Waals surface area contributed by atoms with E-state index in [1.807, 2.05) is 19.9 Å². The monoisotopic (exact) mass is 690 g/mol. The number of para-hydroxylation sites is 1. The molecule has 6 N–H and O–H groups in total. The first-order valence-electron chi connectivity index (χ1n) is 16.0. The van der Waals surface area contributed by atoms with Gasteiger partial charge in [-0.25, -0.2) is 4.79 Å². The molecule has 2 amide bonds. The van der Waals surface area contributed by atoms with Gasteiger partial charge >= 0.3 is 6.09 Å². The quantitative estimate of drug-likeness (QED) is 0.165. The Morgan fingerprint density at radius 3 is 2.40 bits per heavy atom. The molecule has 1 saturated heterocycles. The number of aromatic hydroxyl groups is 1. The van der Waals surface area contributed by atoms with Crippen LogP contribution in [-0.2, 0) is 20.6 Å². The highest BCUT2D eigenvalue weighted by molar-refractivity contribution is 5.96. The van der Waals surface area contributed by atoms with Gasteiger partial charge in [0, 0.05) is 23.9 Å². The zero-order valence-corrected chi connectivity index (χ0v) is 28.6. The summed E-state index contributed by atoms with van der Waals surface area (Å²) in [6, 6.07) is 16.0. The maximum atomic E-state index is 13.2. The van der Waals surface area contributed by atoms with Crippen LogP contribution in [0.3, 0.4) is 0 Å². The van der Waals surface area contributed by atoms with Gasteiger partial charge in [0.05, 0.1) is 11.2 Å². The third kappa shape index (κ3) is 7.71. The fourth-order valence-electron chi connectivity index (χ4n) is 5.82. The molecule has 1 unspecified atom stereocenters. The van der Waals surface area contributed by atoms with E-state index in [-0.39, 0.29) is 34.1 Å². The van der Waals surface area contributed by atoms with Crippen molar-refractivity contribution >= 4 is 23.4 Å². The number of benzene rings is 3. The molecule has 0 aromatic heterocycles. The van der Waals surface area contributed by atoms with Gasteiger partial charge in [0.25, 0.3) is 5.91 Å². The molecule has 5 atom stereocenters. The second-order valence-electron chi connectivity index (χ2n) is 12.8. The number of ether oxygens (including phenoxy) is 5. The van der Waals surface area contributed by atoms with Gasteiger partial charge in [-0.05, 0) is 89.1 Å². The molecule has 5 rings (SSSR count). The third-order valence-electron chi connectivity index (χ3n) is 8.44. The van der Waals surface area contributed by atoms with Crippen LogP contribution >= 0.6 is 0 Å². The molecule has 2 aliphatic rings. The van der Waals surface area contributed by atoms with Crippen molar-refractivity contribution in [2.75, 3.05) is 12.4 Å². The number of phenolic OH excluding ortho intramolecular Hbond substituents is 1. The van der Waals surface area contributed by atoms with Crippen molar-refractivity contribution in [3.8, 4) is 17.2 Å². The summed E-state index contributed by atoms with van der Waals surface area (Å²) in [5.74, 6) is -0.793. The van der Waals surface area contributed by atoms with Crippen molar-refractivity contribution < 1.29 is 53.7 Å². The molecule has 13 heteroatoms. The van der Waals surface area contributed by atoms with Crippen molar-refractivity contribution in [3.63, 3.8) is 0 Å². The number of allylic oxidation sites excluding steroid dienone is 2. The fourth-order valence-corrected chi connectivity index (χ4v) is 5.82. The van der Waals surface area contributed by atoms with E-state index in [2.05, 4.69) is 10.6 Å². The molecule has 13 nitrogen and oxygen atoms in total. The highest BCUT2D eigenvalue weighted by atomic mass is 16.7. The topological polar surface area (TPSA) is 185 Å². The molecule has 3 aromatic rings. The van der Waals surface area contributed by atoms with Crippen LogP contribution < -0.4 is 20.1 Å². The molecular weight excluding hydrogens is 648 g/mol. The summed E-state index contributed by atoms with van der Waals surface area (Å²) in [6.45, 7) is 8.87. The average Bonchev–Trinajstić information content (AvgIpc) is 3.06. The summed E-state index contributed by atoms with van der Waals surface area (Å²) < 4.78 is 29.2. The largest absolute Gasteiger partial charge is 0.508 e. The Balaban J connectivity index is 1.35. The number of phenols is 1. The minimum atomic E-state index is -1.76. The number of aliphatic hydroxyl groups is 3. The third-order valence-corrected chi connectivity index (χ3v) is 8.44. The van der Waals surface area contributed by atoms with Crippen molar-refractivity contribution in [3.05, 3.63) is 100 Å². The second kappa shape index (κ2) is 14.8.